The Bertz CT molecular complexity index is 436. The number of nitrogens with zero attached hydrogens (tertiary/aromatic N) is 1. The van der Waals surface area contributed by atoms with Gasteiger partial charge in [-0.3, -0.25) is 14.9 Å². The molecule has 16 heavy (non-hydrogen) atoms. The molecule has 0 aromatic heterocycles. The third kappa shape index (κ3) is 2.51. The minimum absolute atomic E-state index is 0.0795. The van der Waals surface area contributed by atoms with E-state index < -0.39 is 28.4 Å². The van der Waals surface area contributed by atoms with Gasteiger partial charge < -0.3 is 10.8 Å². The summed E-state index contributed by atoms with van der Waals surface area (Å²) in [6.45, 7) is 0. The Morgan fingerprint density at radius 2 is 2.25 bits per heavy atom. The minimum Gasteiger partial charge on any atom is -0.480 e. The van der Waals surface area contributed by atoms with Crippen LogP contribution in [0.4, 0.5) is 10.1 Å². The maximum Gasteiger partial charge on any atom is 0.320 e. The van der Waals surface area contributed by atoms with Crippen molar-refractivity contribution in [3.63, 3.8) is 0 Å². The summed E-state index contributed by atoms with van der Waals surface area (Å²) in [6, 6.07) is 2.28. The van der Waals surface area contributed by atoms with Crippen molar-refractivity contribution in [3.05, 3.63) is 39.7 Å². The van der Waals surface area contributed by atoms with Crippen molar-refractivity contribution < 1.29 is 19.2 Å². The molecule has 0 aliphatic heterocycles. The van der Waals surface area contributed by atoms with E-state index in [9.17, 15) is 19.3 Å². The van der Waals surface area contributed by atoms with Gasteiger partial charge in [0.25, 0.3) is 0 Å². The quantitative estimate of drug-likeness (QED) is 0.582. The van der Waals surface area contributed by atoms with Crippen molar-refractivity contribution in [3.8, 4) is 0 Å². The van der Waals surface area contributed by atoms with Gasteiger partial charge in [0.2, 0.25) is 5.82 Å². The molecule has 1 rings (SSSR count). The lowest BCUT2D eigenvalue weighted by Crippen LogP contribution is -2.32. The van der Waals surface area contributed by atoms with Gasteiger partial charge in [-0.05, 0) is 5.56 Å². The second-order valence-corrected chi connectivity index (χ2v) is 3.16. The Hall–Kier alpha value is -2.02. The maximum absolute atomic E-state index is 13.5. The molecule has 1 aromatic carbocycles. The number of halogens is 1. The standard InChI is InChI=1S/C9H9FN2O4/c10-8-5(4-6(11)9(13)14)2-1-3-7(8)12(15)16/h1-3,6H,4,11H2,(H,13,14)/t6-/m1/s1. The minimum atomic E-state index is -1.29. The zero-order chi connectivity index (χ0) is 12.3. The largest absolute Gasteiger partial charge is 0.480 e. The van der Waals surface area contributed by atoms with E-state index in [2.05, 4.69) is 0 Å². The molecule has 0 heterocycles. The fourth-order valence-corrected chi connectivity index (χ4v) is 1.19. The van der Waals surface area contributed by atoms with Gasteiger partial charge in [-0.1, -0.05) is 12.1 Å². The number of nitrogens with two attached hydrogens (primary N) is 1. The third-order valence-corrected chi connectivity index (χ3v) is 2.01. The molecule has 3 N–H and O–H groups in total. The van der Waals surface area contributed by atoms with E-state index in [1.165, 1.54) is 12.1 Å². The second kappa shape index (κ2) is 4.67. The highest BCUT2D eigenvalue weighted by atomic mass is 19.1. The second-order valence-electron chi connectivity index (χ2n) is 3.16. The van der Waals surface area contributed by atoms with Crippen molar-refractivity contribution >= 4 is 11.7 Å². The highest BCUT2D eigenvalue weighted by Crippen LogP contribution is 2.20. The molecule has 1 aromatic rings. The smallest absolute Gasteiger partial charge is 0.320 e. The number of carboxylic acid groups (broad SMARTS) is 1. The lowest BCUT2D eigenvalue weighted by atomic mass is 10.1. The summed E-state index contributed by atoms with van der Waals surface area (Å²) in [5.74, 6) is -2.32. The predicted octanol–water partition coefficient (Wildman–Crippen LogP) is 0.688. The molecule has 7 heteroatoms. The topological polar surface area (TPSA) is 106 Å². The summed E-state index contributed by atoms with van der Waals surface area (Å²) in [6.07, 6.45) is -0.289. The summed E-state index contributed by atoms with van der Waals surface area (Å²) < 4.78 is 13.5. The molecule has 0 fully saturated rings. The highest BCUT2D eigenvalue weighted by Gasteiger charge is 2.20. The van der Waals surface area contributed by atoms with Gasteiger partial charge in [0.15, 0.2) is 0 Å². The molecule has 6 nitrogen and oxygen atoms in total. The van der Waals surface area contributed by atoms with Crippen LogP contribution in [0.3, 0.4) is 0 Å². The van der Waals surface area contributed by atoms with Gasteiger partial charge in [-0.25, -0.2) is 0 Å². The Kier molecular flexibility index (Phi) is 3.51. The summed E-state index contributed by atoms with van der Waals surface area (Å²) in [7, 11) is 0. The van der Waals surface area contributed by atoms with Gasteiger partial charge in [-0.2, -0.15) is 4.39 Å². The SMILES string of the molecule is N[C@H](Cc1cccc([N+](=O)[O-])c1F)C(=O)O. The van der Waals surface area contributed by atoms with E-state index in [4.69, 9.17) is 10.8 Å². The van der Waals surface area contributed by atoms with Crippen molar-refractivity contribution in [2.24, 2.45) is 5.73 Å². The molecule has 0 aliphatic carbocycles. The molecule has 0 unspecified atom stereocenters. The van der Waals surface area contributed by atoms with Crippen LogP contribution in [0.1, 0.15) is 5.56 Å². The summed E-state index contributed by atoms with van der Waals surface area (Å²) >= 11 is 0. The maximum atomic E-state index is 13.5. The normalized spacial score (nSPS) is 12.1. The monoisotopic (exact) mass is 228 g/mol. The van der Waals surface area contributed by atoms with Crippen LogP contribution in [-0.4, -0.2) is 22.0 Å². The summed E-state index contributed by atoms with van der Waals surface area (Å²) in [5, 5.41) is 18.9. The van der Waals surface area contributed by atoms with Crippen LogP contribution >= 0.6 is 0 Å². The van der Waals surface area contributed by atoms with Crippen molar-refractivity contribution in [2.45, 2.75) is 12.5 Å². The van der Waals surface area contributed by atoms with Crippen LogP contribution in [0.25, 0.3) is 0 Å². The van der Waals surface area contributed by atoms with Crippen LogP contribution in [0.15, 0.2) is 18.2 Å². The van der Waals surface area contributed by atoms with Crippen LogP contribution in [0.2, 0.25) is 0 Å². The van der Waals surface area contributed by atoms with Crippen molar-refractivity contribution in [1.29, 1.82) is 0 Å². The zero-order valence-electron chi connectivity index (χ0n) is 8.09. The number of carboxylic acids is 1. The van der Waals surface area contributed by atoms with Crippen molar-refractivity contribution in [2.75, 3.05) is 0 Å². The number of hydrogen-bond donors (Lipinski definition) is 2. The lowest BCUT2D eigenvalue weighted by molar-refractivity contribution is -0.387. The molecule has 0 saturated carbocycles. The van der Waals surface area contributed by atoms with E-state index in [-0.39, 0.29) is 12.0 Å². The van der Waals surface area contributed by atoms with Gasteiger partial charge in [0, 0.05) is 12.5 Å². The van der Waals surface area contributed by atoms with E-state index in [1.807, 2.05) is 0 Å². The van der Waals surface area contributed by atoms with Crippen molar-refractivity contribution in [1.82, 2.24) is 0 Å². The number of rotatable bonds is 4. The first-order valence-corrected chi connectivity index (χ1v) is 4.33. The van der Waals surface area contributed by atoms with Gasteiger partial charge in [-0.15, -0.1) is 0 Å². The average Bonchev–Trinajstić information content (AvgIpc) is 2.20. The Balaban J connectivity index is 3.02. The fraction of sp³-hybridized carbons (Fsp3) is 0.222. The molecule has 0 radical (unpaired) electrons. The van der Waals surface area contributed by atoms with E-state index in [0.29, 0.717) is 0 Å². The number of nitro benzene ring substituents is 1. The third-order valence-electron chi connectivity index (χ3n) is 2.01. The molecule has 0 bridgehead atoms. The molecule has 0 spiro atoms. The Morgan fingerprint density at radius 3 is 2.75 bits per heavy atom. The molecular formula is C9H9FN2O4. The first kappa shape index (κ1) is 12.1. The molecule has 86 valence electrons. The number of carbonyl (C=O) groups is 1. The van der Waals surface area contributed by atoms with Gasteiger partial charge in [0.05, 0.1) is 4.92 Å². The van der Waals surface area contributed by atoms with Gasteiger partial charge in [0.1, 0.15) is 6.04 Å². The molecule has 0 amide bonds. The molecule has 0 aliphatic rings. The summed E-state index contributed by atoms with van der Waals surface area (Å²) in [4.78, 5) is 20.0. The zero-order valence-corrected chi connectivity index (χ0v) is 8.09. The molecule has 1 atom stereocenters. The number of aliphatic carboxylic acids is 1. The fourth-order valence-electron chi connectivity index (χ4n) is 1.19. The van der Waals surface area contributed by atoms with Gasteiger partial charge >= 0.3 is 11.7 Å². The average molecular weight is 228 g/mol. The van der Waals surface area contributed by atoms with Crippen LogP contribution in [0.5, 0.6) is 0 Å². The first-order chi connectivity index (χ1) is 7.43. The highest BCUT2D eigenvalue weighted by molar-refractivity contribution is 5.73. The first-order valence-electron chi connectivity index (χ1n) is 4.33. The van der Waals surface area contributed by atoms with E-state index in [1.54, 1.807) is 0 Å². The predicted molar refractivity (Wildman–Crippen MR) is 52.4 cm³/mol. The Morgan fingerprint density at radius 1 is 1.62 bits per heavy atom. The lowest BCUT2D eigenvalue weighted by Gasteiger charge is -2.07. The van der Waals surface area contributed by atoms with Crippen LogP contribution < -0.4 is 5.73 Å². The number of nitro groups is 1. The van der Waals surface area contributed by atoms with E-state index >= 15 is 0 Å². The molecular weight excluding hydrogens is 219 g/mol. The van der Waals surface area contributed by atoms with Crippen LogP contribution in [-0.2, 0) is 11.2 Å². The summed E-state index contributed by atoms with van der Waals surface area (Å²) in [5.41, 5.74) is 4.44. The number of hydrogen-bond acceptors (Lipinski definition) is 4. The van der Waals surface area contributed by atoms with E-state index in [0.717, 1.165) is 6.07 Å². The molecule has 0 saturated heterocycles. The van der Waals surface area contributed by atoms with Crippen LogP contribution in [0, 0.1) is 15.9 Å². The number of benzene rings is 1. The Labute approximate surface area is 89.6 Å².